The number of aryl methyl sites for hydroxylation is 1. The van der Waals surface area contributed by atoms with E-state index in [0.717, 1.165) is 11.9 Å². The minimum Gasteiger partial charge on any atom is -0.361 e. The zero-order chi connectivity index (χ0) is 19.7. The summed E-state index contributed by atoms with van der Waals surface area (Å²) in [4.78, 5) is 30.0. The SMILES string of the molecule is Cc1ccc2[nH]cc(CCN3CC(C(=O)Nc4ccc(Cl)cc4)CC3=O)c2c1. The van der Waals surface area contributed by atoms with E-state index in [9.17, 15) is 9.59 Å². The Morgan fingerprint density at radius 2 is 2.04 bits per heavy atom. The van der Waals surface area contributed by atoms with E-state index in [-0.39, 0.29) is 24.2 Å². The summed E-state index contributed by atoms with van der Waals surface area (Å²) in [5, 5.41) is 4.69. The van der Waals surface area contributed by atoms with Gasteiger partial charge in [0.25, 0.3) is 0 Å². The highest BCUT2D eigenvalue weighted by atomic mass is 35.5. The van der Waals surface area contributed by atoms with E-state index in [2.05, 4.69) is 35.4 Å². The van der Waals surface area contributed by atoms with Crippen molar-refractivity contribution in [2.45, 2.75) is 19.8 Å². The molecule has 0 radical (unpaired) electrons. The molecule has 1 aliphatic rings. The lowest BCUT2D eigenvalue weighted by molar-refractivity contribution is -0.128. The Kier molecular flexibility index (Phi) is 5.09. The summed E-state index contributed by atoms with van der Waals surface area (Å²) < 4.78 is 0. The van der Waals surface area contributed by atoms with Crippen LogP contribution in [-0.4, -0.2) is 34.8 Å². The van der Waals surface area contributed by atoms with Crippen molar-refractivity contribution in [2.75, 3.05) is 18.4 Å². The number of carbonyl (C=O) groups is 2. The lowest BCUT2D eigenvalue weighted by Gasteiger charge is -2.16. The molecule has 0 saturated carbocycles. The van der Waals surface area contributed by atoms with Gasteiger partial charge in [-0.15, -0.1) is 0 Å². The maximum Gasteiger partial charge on any atom is 0.229 e. The van der Waals surface area contributed by atoms with Gasteiger partial charge >= 0.3 is 0 Å². The predicted molar refractivity (Wildman–Crippen MR) is 112 cm³/mol. The molecule has 1 saturated heterocycles. The second-order valence-corrected chi connectivity index (χ2v) is 7.79. The van der Waals surface area contributed by atoms with Gasteiger partial charge < -0.3 is 15.2 Å². The summed E-state index contributed by atoms with van der Waals surface area (Å²) in [5.41, 5.74) is 4.20. The van der Waals surface area contributed by atoms with Gasteiger partial charge in [-0.25, -0.2) is 0 Å². The number of rotatable bonds is 5. The number of nitrogens with one attached hydrogen (secondary N) is 2. The van der Waals surface area contributed by atoms with Crippen LogP contribution >= 0.6 is 11.6 Å². The van der Waals surface area contributed by atoms with E-state index in [1.807, 2.05) is 6.20 Å². The second kappa shape index (κ2) is 7.68. The summed E-state index contributed by atoms with van der Waals surface area (Å²) in [6.07, 6.45) is 3.03. The normalized spacial score (nSPS) is 16.7. The van der Waals surface area contributed by atoms with Gasteiger partial charge in [0.2, 0.25) is 11.8 Å². The van der Waals surface area contributed by atoms with Crippen LogP contribution in [0.3, 0.4) is 0 Å². The number of benzene rings is 2. The Balaban J connectivity index is 1.37. The first-order valence-electron chi connectivity index (χ1n) is 9.40. The lowest BCUT2D eigenvalue weighted by atomic mass is 10.1. The third-order valence-corrected chi connectivity index (χ3v) is 5.52. The Morgan fingerprint density at radius 3 is 2.82 bits per heavy atom. The molecule has 1 aliphatic heterocycles. The molecular weight excluding hydrogens is 374 g/mol. The molecule has 1 atom stereocenters. The van der Waals surface area contributed by atoms with E-state index in [4.69, 9.17) is 11.6 Å². The van der Waals surface area contributed by atoms with Crippen LogP contribution in [0, 0.1) is 12.8 Å². The van der Waals surface area contributed by atoms with Gasteiger partial charge in [-0.05, 0) is 55.3 Å². The number of hydrogen-bond acceptors (Lipinski definition) is 2. The number of likely N-dealkylation sites (tertiary alicyclic amines) is 1. The van der Waals surface area contributed by atoms with Crippen molar-refractivity contribution in [3.8, 4) is 0 Å². The smallest absolute Gasteiger partial charge is 0.229 e. The number of amides is 2. The number of H-pyrrole nitrogens is 1. The van der Waals surface area contributed by atoms with Crippen molar-refractivity contribution >= 4 is 40.0 Å². The Hall–Kier alpha value is -2.79. The Labute approximate surface area is 168 Å². The summed E-state index contributed by atoms with van der Waals surface area (Å²) in [6, 6.07) is 13.3. The van der Waals surface area contributed by atoms with Crippen molar-refractivity contribution in [3.05, 3.63) is 64.8 Å². The van der Waals surface area contributed by atoms with Crippen LogP contribution in [0.15, 0.2) is 48.7 Å². The molecule has 6 heteroatoms. The number of halogens is 1. The Morgan fingerprint density at radius 1 is 1.25 bits per heavy atom. The monoisotopic (exact) mass is 395 g/mol. The zero-order valence-electron chi connectivity index (χ0n) is 15.7. The number of aromatic nitrogens is 1. The molecule has 1 unspecified atom stereocenters. The fraction of sp³-hybridized carbons (Fsp3) is 0.273. The fourth-order valence-electron chi connectivity index (χ4n) is 3.70. The van der Waals surface area contributed by atoms with Crippen molar-refractivity contribution < 1.29 is 9.59 Å². The topological polar surface area (TPSA) is 65.2 Å². The van der Waals surface area contributed by atoms with Crippen molar-refractivity contribution in [1.29, 1.82) is 0 Å². The van der Waals surface area contributed by atoms with Crippen LogP contribution in [-0.2, 0) is 16.0 Å². The minimum absolute atomic E-state index is 0.0345. The van der Waals surface area contributed by atoms with E-state index in [1.165, 1.54) is 16.5 Å². The molecule has 0 spiro atoms. The largest absolute Gasteiger partial charge is 0.361 e. The van der Waals surface area contributed by atoms with Crippen LogP contribution in [0.5, 0.6) is 0 Å². The number of nitrogens with zero attached hydrogens (tertiary/aromatic N) is 1. The summed E-state index contributed by atoms with van der Waals surface area (Å²) >= 11 is 5.87. The third kappa shape index (κ3) is 3.90. The molecule has 4 rings (SSSR count). The first kappa shape index (κ1) is 18.6. The third-order valence-electron chi connectivity index (χ3n) is 5.27. The van der Waals surface area contributed by atoms with Gasteiger partial charge in [-0.1, -0.05) is 23.2 Å². The highest BCUT2D eigenvalue weighted by molar-refractivity contribution is 6.30. The number of fused-ring (bicyclic) bond motifs is 1. The van der Waals surface area contributed by atoms with Crippen LogP contribution < -0.4 is 5.32 Å². The van der Waals surface area contributed by atoms with Gasteiger partial charge in [-0.2, -0.15) is 0 Å². The molecule has 2 aromatic carbocycles. The van der Waals surface area contributed by atoms with Gasteiger partial charge in [0.15, 0.2) is 0 Å². The highest BCUT2D eigenvalue weighted by Gasteiger charge is 2.34. The molecule has 5 nitrogen and oxygen atoms in total. The van der Waals surface area contributed by atoms with Crippen LogP contribution in [0.4, 0.5) is 5.69 Å². The van der Waals surface area contributed by atoms with Crippen LogP contribution in [0.1, 0.15) is 17.5 Å². The second-order valence-electron chi connectivity index (χ2n) is 7.35. The molecule has 2 N–H and O–H groups in total. The van der Waals surface area contributed by atoms with Crippen molar-refractivity contribution in [3.63, 3.8) is 0 Å². The molecule has 1 aromatic heterocycles. The minimum atomic E-state index is -0.326. The molecule has 3 aromatic rings. The standard InChI is InChI=1S/C22H22ClN3O2/c1-14-2-7-20-19(10-14)15(12-24-20)8-9-26-13-16(11-21(26)27)22(28)25-18-5-3-17(23)4-6-18/h2-7,10,12,16,24H,8-9,11,13H2,1H3,(H,25,28). The first-order chi connectivity index (χ1) is 13.5. The van der Waals surface area contributed by atoms with Crippen LogP contribution in [0.2, 0.25) is 5.02 Å². The molecule has 28 heavy (non-hydrogen) atoms. The summed E-state index contributed by atoms with van der Waals surface area (Å²) in [5.74, 6) is -0.415. The maximum absolute atomic E-state index is 12.5. The predicted octanol–water partition coefficient (Wildman–Crippen LogP) is 4.16. The summed E-state index contributed by atoms with van der Waals surface area (Å²) in [6.45, 7) is 3.15. The average Bonchev–Trinajstić information content (AvgIpc) is 3.25. The number of carbonyl (C=O) groups excluding carboxylic acids is 2. The van der Waals surface area contributed by atoms with E-state index < -0.39 is 0 Å². The number of anilines is 1. The van der Waals surface area contributed by atoms with Gasteiger partial charge in [-0.3, -0.25) is 9.59 Å². The highest BCUT2D eigenvalue weighted by Crippen LogP contribution is 2.24. The van der Waals surface area contributed by atoms with E-state index >= 15 is 0 Å². The van der Waals surface area contributed by atoms with Crippen molar-refractivity contribution in [2.24, 2.45) is 5.92 Å². The lowest BCUT2D eigenvalue weighted by Crippen LogP contribution is -2.30. The number of aromatic amines is 1. The molecule has 2 heterocycles. The van der Waals surface area contributed by atoms with Gasteiger partial charge in [0, 0.05) is 47.3 Å². The van der Waals surface area contributed by atoms with Gasteiger partial charge in [0.05, 0.1) is 5.92 Å². The fourth-order valence-corrected chi connectivity index (χ4v) is 3.82. The van der Waals surface area contributed by atoms with E-state index in [0.29, 0.717) is 23.8 Å². The van der Waals surface area contributed by atoms with E-state index in [1.54, 1.807) is 29.2 Å². The summed E-state index contributed by atoms with van der Waals surface area (Å²) in [7, 11) is 0. The zero-order valence-corrected chi connectivity index (χ0v) is 16.4. The van der Waals surface area contributed by atoms with Gasteiger partial charge in [0.1, 0.15) is 0 Å². The molecule has 0 aliphatic carbocycles. The maximum atomic E-state index is 12.5. The first-order valence-corrected chi connectivity index (χ1v) is 9.78. The number of hydrogen-bond donors (Lipinski definition) is 2. The quantitative estimate of drug-likeness (QED) is 0.681. The molecule has 144 valence electrons. The molecule has 1 fully saturated rings. The Bertz CT molecular complexity index is 1030. The molecule has 0 bridgehead atoms. The molecular formula is C22H22ClN3O2. The van der Waals surface area contributed by atoms with Crippen LogP contribution in [0.25, 0.3) is 10.9 Å². The van der Waals surface area contributed by atoms with Crippen molar-refractivity contribution in [1.82, 2.24) is 9.88 Å². The molecule has 2 amide bonds. The average molecular weight is 396 g/mol.